The van der Waals surface area contributed by atoms with E-state index >= 15 is 0 Å². The number of aromatic nitrogens is 1. The lowest BCUT2D eigenvalue weighted by Gasteiger charge is -2.33. The Morgan fingerprint density at radius 1 is 1.45 bits per heavy atom. The minimum atomic E-state index is -0.0316. The van der Waals surface area contributed by atoms with Gasteiger partial charge in [0.15, 0.2) is 0 Å². The summed E-state index contributed by atoms with van der Waals surface area (Å²) in [7, 11) is 2.06. The predicted octanol–water partition coefficient (Wildman–Crippen LogP) is 2.45. The maximum atomic E-state index is 12.8. The van der Waals surface area contributed by atoms with Gasteiger partial charge in [-0.1, -0.05) is 19.8 Å². The SMILES string of the molecule is CCC(CN)C(=O)N1CCCCCC1c1cccn1C. The molecule has 0 saturated carbocycles. The summed E-state index contributed by atoms with van der Waals surface area (Å²) in [4.78, 5) is 14.9. The van der Waals surface area contributed by atoms with Crippen molar-refractivity contribution < 1.29 is 4.79 Å². The van der Waals surface area contributed by atoms with E-state index in [9.17, 15) is 4.79 Å². The second-order valence-corrected chi connectivity index (χ2v) is 5.78. The first-order chi connectivity index (χ1) is 9.69. The highest BCUT2D eigenvalue weighted by atomic mass is 16.2. The molecule has 20 heavy (non-hydrogen) atoms. The van der Waals surface area contributed by atoms with Gasteiger partial charge in [0.05, 0.1) is 12.0 Å². The van der Waals surface area contributed by atoms with E-state index in [2.05, 4.69) is 34.8 Å². The molecule has 0 bridgehead atoms. The Morgan fingerprint density at radius 2 is 2.25 bits per heavy atom. The molecule has 2 atom stereocenters. The van der Waals surface area contributed by atoms with Crippen molar-refractivity contribution >= 4 is 5.91 Å². The lowest BCUT2D eigenvalue weighted by Crippen LogP contribution is -2.41. The van der Waals surface area contributed by atoms with Crippen LogP contribution in [0.2, 0.25) is 0 Å². The van der Waals surface area contributed by atoms with Crippen molar-refractivity contribution in [3.63, 3.8) is 0 Å². The van der Waals surface area contributed by atoms with E-state index in [1.807, 2.05) is 6.92 Å². The van der Waals surface area contributed by atoms with Crippen molar-refractivity contribution in [1.29, 1.82) is 0 Å². The maximum absolute atomic E-state index is 12.8. The number of nitrogens with zero attached hydrogens (tertiary/aromatic N) is 2. The smallest absolute Gasteiger partial charge is 0.227 e. The fourth-order valence-corrected chi connectivity index (χ4v) is 3.18. The van der Waals surface area contributed by atoms with Gasteiger partial charge >= 0.3 is 0 Å². The number of rotatable bonds is 4. The van der Waals surface area contributed by atoms with Crippen LogP contribution in [0.4, 0.5) is 0 Å². The molecule has 4 nitrogen and oxygen atoms in total. The zero-order chi connectivity index (χ0) is 14.5. The van der Waals surface area contributed by atoms with E-state index in [4.69, 9.17) is 5.73 Å². The van der Waals surface area contributed by atoms with Crippen LogP contribution in [0.1, 0.15) is 50.8 Å². The third-order valence-electron chi connectivity index (χ3n) is 4.49. The van der Waals surface area contributed by atoms with E-state index in [0.717, 1.165) is 25.8 Å². The number of hydrogen-bond acceptors (Lipinski definition) is 2. The summed E-state index contributed by atoms with van der Waals surface area (Å²) < 4.78 is 2.14. The molecule has 4 heteroatoms. The summed E-state index contributed by atoms with van der Waals surface area (Å²) in [5.74, 6) is 0.207. The monoisotopic (exact) mass is 277 g/mol. The number of carbonyl (C=O) groups is 1. The van der Waals surface area contributed by atoms with Crippen molar-refractivity contribution in [2.75, 3.05) is 13.1 Å². The number of aryl methyl sites for hydroxylation is 1. The fourth-order valence-electron chi connectivity index (χ4n) is 3.18. The van der Waals surface area contributed by atoms with E-state index < -0.39 is 0 Å². The Hall–Kier alpha value is -1.29. The molecule has 1 aromatic rings. The molecule has 0 spiro atoms. The molecule has 1 fully saturated rings. The minimum absolute atomic E-state index is 0.0316. The van der Waals surface area contributed by atoms with Crippen LogP contribution in [-0.2, 0) is 11.8 Å². The number of carbonyl (C=O) groups excluding carboxylic acids is 1. The van der Waals surface area contributed by atoms with E-state index in [0.29, 0.717) is 6.54 Å². The number of nitrogens with two attached hydrogens (primary N) is 1. The van der Waals surface area contributed by atoms with E-state index in [1.54, 1.807) is 0 Å². The van der Waals surface area contributed by atoms with Crippen molar-refractivity contribution in [3.8, 4) is 0 Å². The Morgan fingerprint density at radius 3 is 2.85 bits per heavy atom. The average Bonchev–Trinajstić information content (AvgIpc) is 2.74. The van der Waals surface area contributed by atoms with Crippen LogP contribution in [-0.4, -0.2) is 28.5 Å². The molecule has 112 valence electrons. The molecule has 0 aliphatic carbocycles. The standard InChI is InChI=1S/C16H27N3O/c1-3-13(12-17)16(20)19-11-6-4-5-8-15(19)14-9-7-10-18(14)2/h7,9-10,13,15H,3-6,8,11-12,17H2,1-2H3. The summed E-state index contributed by atoms with van der Waals surface area (Å²) in [6.45, 7) is 3.36. The van der Waals surface area contributed by atoms with Crippen molar-refractivity contribution in [2.24, 2.45) is 18.7 Å². The molecule has 2 unspecified atom stereocenters. The molecule has 1 aliphatic rings. The third-order valence-corrected chi connectivity index (χ3v) is 4.49. The molecule has 1 saturated heterocycles. The molecule has 1 aromatic heterocycles. The predicted molar refractivity (Wildman–Crippen MR) is 81.2 cm³/mol. The van der Waals surface area contributed by atoms with Gasteiger partial charge < -0.3 is 15.2 Å². The first kappa shape index (κ1) is 15.1. The van der Waals surface area contributed by atoms with Crippen LogP contribution < -0.4 is 5.73 Å². The van der Waals surface area contributed by atoms with Gasteiger partial charge in [-0.15, -0.1) is 0 Å². The number of likely N-dealkylation sites (tertiary alicyclic amines) is 1. The Labute approximate surface area is 121 Å². The molecule has 2 rings (SSSR count). The average molecular weight is 277 g/mol. The molecule has 1 aliphatic heterocycles. The zero-order valence-electron chi connectivity index (χ0n) is 12.7. The van der Waals surface area contributed by atoms with Crippen LogP contribution in [0, 0.1) is 5.92 Å². The largest absolute Gasteiger partial charge is 0.353 e. The first-order valence-electron chi connectivity index (χ1n) is 7.80. The second-order valence-electron chi connectivity index (χ2n) is 5.78. The summed E-state index contributed by atoms with van der Waals surface area (Å²) >= 11 is 0. The normalized spacial score (nSPS) is 21.6. The lowest BCUT2D eigenvalue weighted by atomic mass is 10.0. The topological polar surface area (TPSA) is 51.3 Å². The molecular weight excluding hydrogens is 250 g/mol. The van der Waals surface area contributed by atoms with Gasteiger partial charge in [0.25, 0.3) is 0 Å². The molecular formula is C16H27N3O. The highest BCUT2D eigenvalue weighted by molar-refractivity contribution is 5.79. The Balaban J connectivity index is 2.26. The summed E-state index contributed by atoms with van der Waals surface area (Å²) in [6, 6.07) is 4.41. The molecule has 0 aromatic carbocycles. The van der Waals surface area contributed by atoms with Gasteiger partial charge in [-0.2, -0.15) is 0 Å². The first-order valence-corrected chi connectivity index (χ1v) is 7.80. The Bertz CT molecular complexity index is 437. The molecule has 2 N–H and O–H groups in total. The quantitative estimate of drug-likeness (QED) is 0.919. The maximum Gasteiger partial charge on any atom is 0.227 e. The summed E-state index contributed by atoms with van der Waals surface area (Å²) in [6.07, 6.45) is 7.45. The zero-order valence-corrected chi connectivity index (χ0v) is 12.7. The fraction of sp³-hybridized carbons (Fsp3) is 0.688. The minimum Gasteiger partial charge on any atom is -0.353 e. The summed E-state index contributed by atoms with van der Waals surface area (Å²) in [5, 5.41) is 0. The lowest BCUT2D eigenvalue weighted by molar-refractivity contribution is -0.138. The molecule has 0 radical (unpaired) electrons. The second kappa shape index (κ2) is 6.93. The van der Waals surface area contributed by atoms with E-state index in [-0.39, 0.29) is 17.9 Å². The van der Waals surface area contributed by atoms with Crippen LogP contribution >= 0.6 is 0 Å². The van der Waals surface area contributed by atoms with Gasteiger partial charge in [0, 0.05) is 32.0 Å². The van der Waals surface area contributed by atoms with Crippen LogP contribution in [0.5, 0.6) is 0 Å². The van der Waals surface area contributed by atoms with Crippen LogP contribution in [0.25, 0.3) is 0 Å². The van der Waals surface area contributed by atoms with Gasteiger partial charge in [-0.3, -0.25) is 4.79 Å². The highest BCUT2D eigenvalue weighted by Gasteiger charge is 2.31. The van der Waals surface area contributed by atoms with Gasteiger partial charge in [-0.05, 0) is 31.4 Å². The molecule has 2 heterocycles. The van der Waals surface area contributed by atoms with Gasteiger partial charge in [0.1, 0.15) is 0 Å². The van der Waals surface area contributed by atoms with Crippen molar-refractivity contribution in [3.05, 3.63) is 24.0 Å². The van der Waals surface area contributed by atoms with Crippen molar-refractivity contribution in [2.45, 2.75) is 45.1 Å². The van der Waals surface area contributed by atoms with Crippen molar-refractivity contribution in [1.82, 2.24) is 9.47 Å². The molecule has 1 amide bonds. The van der Waals surface area contributed by atoms with Gasteiger partial charge in [-0.25, -0.2) is 0 Å². The third kappa shape index (κ3) is 3.06. The highest BCUT2D eigenvalue weighted by Crippen LogP contribution is 2.31. The Kier molecular flexibility index (Phi) is 5.24. The van der Waals surface area contributed by atoms with Crippen LogP contribution in [0.15, 0.2) is 18.3 Å². The van der Waals surface area contributed by atoms with E-state index in [1.165, 1.54) is 18.5 Å². The van der Waals surface area contributed by atoms with Gasteiger partial charge in [0.2, 0.25) is 5.91 Å². The number of hydrogen-bond donors (Lipinski definition) is 1. The number of amides is 1. The summed E-state index contributed by atoms with van der Waals surface area (Å²) in [5.41, 5.74) is 7.01. The van der Waals surface area contributed by atoms with Crippen LogP contribution in [0.3, 0.4) is 0 Å².